The quantitative estimate of drug-likeness (QED) is 0.464. The fourth-order valence-corrected chi connectivity index (χ4v) is 3.09. The Bertz CT molecular complexity index is 1060. The van der Waals surface area contributed by atoms with Gasteiger partial charge in [0.25, 0.3) is 5.91 Å². The third-order valence-electron chi connectivity index (χ3n) is 4.45. The summed E-state index contributed by atoms with van der Waals surface area (Å²) >= 11 is 0. The van der Waals surface area contributed by atoms with Crippen molar-refractivity contribution in [2.45, 2.75) is 6.61 Å². The van der Waals surface area contributed by atoms with Crippen LogP contribution in [0.4, 0.5) is 11.4 Å². The number of nitrogens with two attached hydrogens (primary N) is 1. The number of para-hydroxylation sites is 1. The van der Waals surface area contributed by atoms with Crippen LogP contribution >= 0.6 is 0 Å². The molecule has 3 aromatic carbocycles. The predicted octanol–water partition coefficient (Wildman–Crippen LogP) is 2.96. The Kier molecular flexibility index (Phi) is 5.47. The largest absolute Gasteiger partial charge is 0.494 e. The van der Waals surface area contributed by atoms with Gasteiger partial charge >= 0.3 is 5.97 Å². The minimum Gasteiger partial charge on any atom is -0.494 e. The second kappa shape index (κ2) is 7.98. The van der Waals surface area contributed by atoms with Gasteiger partial charge in [0, 0.05) is 10.9 Å². The van der Waals surface area contributed by atoms with E-state index in [1.165, 1.54) is 20.3 Å². The Morgan fingerprint density at radius 1 is 1.07 bits per heavy atom. The Morgan fingerprint density at radius 2 is 1.82 bits per heavy atom. The van der Waals surface area contributed by atoms with E-state index in [1.807, 2.05) is 24.3 Å². The maximum Gasteiger partial charge on any atom is 0.339 e. The van der Waals surface area contributed by atoms with Crippen LogP contribution in [0.3, 0.4) is 0 Å². The van der Waals surface area contributed by atoms with E-state index in [9.17, 15) is 14.7 Å². The average molecular weight is 380 g/mol. The highest BCUT2D eigenvalue weighted by Crippen LogP contribution is 2.35. The van der Waals surface area contributed by atoms with E-state index in [4.69, 9.17) is 15.2 Å². The average Bonchev–Trinajstić information content (AvgIpc) is 2.73. The number of benzene rings is 3. The molecule has 0 aliphatic rings. The van der Waals surface area contributed by atoms with Crippen molar-refractivity contribution in [3.63, 3.8) is 0 Å². The maximum absolute atomic E-state index is 13.0. The van der Waals surface area contributed by atoms with Gasteiger partial charge in [-0.15, -0.1) is 0 Å². The molecule has 0 radical (unpaired) electrons. The number of amides is 1. The summed E-state index contributed by atoms with van der Waals surface area (Å²) in [7, 11) is 2.67. The van der Waals surface area contributed by atoms with Crippen molar-refractivity contribution in [1.29, 1.82) is 0 Å². The van der Waals surface area contributed by atoms with Crippen molar-refractivity contribution in [2.24, 2.45) is 0 Å². The molecule has 0 saturated carbocycles. The third-order valence-corrected chi connectivity index (χ3v) is 4.45. The maximum atomic E-state index is 13.0. The van der Waals surface area contributed by atoms with Crippen molar-refractivity contribution >= 4 is 34.0 Å². The zero-order chi connectivity index (χ0) is 20.3. The smallest absolute Gasteiger partial charge is 0.339 e. The van der Waals surface area contributed by atoms with E-state index < -0.39 is 11.9 Å². The second-order valence-corrected chi connectivity index (χ2v) is 6.04. The number of fused-ring (bicyclic) bond motifs is 1. The molecule has 3 rings (SSSR count). The van der Waals surface area contributed by atoms with E-state index in [1.54, 1.807) is 18.2 Å². The number of aliphatic hydroxyl groups is 1. The van der Waals surface area contributed by atoms with E-state index in [0.717, 1.165) is 10.8 Å². The number of nitrogens with one attached hydrogen (secondary N) is 1. The SMILES string of the molecule is COC(=O)c1cccc(CO)c1NC(=O)c1cc2ccccc2c(N)c1OC. The summed E-state index contributed by atoms with van der Waals surface area (Å²) in [5, 5.41) is 13.9. The molecule has 1 amide bonds. The molecule has 0 unspecified atom stereocenters. The first-order valence-electron chi connectivity index (χ1n) is 8.49. The van der Waals surface area contributed by atoms with Crippen LogP contribution in [0.5, 0.6) is 5.75 Å². The molecule has 7 nitrogen and oxygen atoms in total. The monoisotopic (exact) mass is 380 g/mol. The minimum absolute atomic E-state index is 0.134. The van der Waals surface area contributed by atoms with Gasteiger partial charge in [-0.05, 0) is 17.5 Å². The number of anilines is 2. The van der Waals surface area contributed by atoms with Gasteiger partial charge in [-0.2, -0.15) is 0 Å². The van der Waals surface area contributed by atoms with Crippen molar-refractivity contribution in [1.82, 2.24) is 0 Å². The van der Waals surface area contributed by atoms with Gasteiger partial charge < -0.3 is 25.6 Å². The number of ether oxygens (including phenoxy) is 2. The minimum atomic E-state index is -0.629. The van der Waals surface area contributed by atoms with Crippen molar-refractivity contribution < 1.29 is 24.2 Å². The molecule has 0 saturated heterocycles. The van der Waals surface area contributed by atoms with Crippen LogP contribution in [0.1, 0.15) is 26.3 Å². The van der Waals surface area contributed by atoms with Crippen LogP contribution in [-0.4, -0.2) is 31.2 Å². The van der Waals surface area contributed by atoms with Gasteiger partial charge in [0.1, 0.15) is 0 Å². The normalized spacial score (nSPS) is 10.5. The van der Waals surface area contributed by atoms with Gasteiger partial charge in [-0.3, -0.25) is 4.79 Å². The topological polar surface area (TPSA) is 111 Å². The Labute approximate surface area is 161 Å². The molecule has 0 aromatic heterocycles. The van der Waals surface area contributed by atoms with Crippen LogP contribution in [0.15, 0.2) is 48.5 Å². The third kappa shape index (κ3) is 3.35. The first kappa shape index (κ1) is 19.2. The molecule has 3 aromatic rings. The standard InChI is InChI=1S/C21H20N2O5/c1-27-19-16(10-12-6-3-4-8-14(12)17(19)22)20(25)23-18-13(11-24)7-5-9-15(18)21(26)28-2/h3-10,24H,11,22H2,1-2H3,(H,23,25). The molecule has 144 valence electrons. The number of methoxy groups -OCH3 is 2. The fourth-order valence-electron chi connectivity index (χ4n) is 3.09. The molecule has 0 fully saturated rings. The molecule has 0 heterocycles. The number of esters is 1. The lowest BCUT2D eigenvalue weighted by molar-refractivity contribution is 0.0601. The summed E-state index contributed by atoms with van der Waals surface area (Å²) in [5.41, 5.74) is 7.44. The molecule has 4 N–H and O–H groups in total. The molecule has 28 heavy (non-hydrogen) atoms. The molecule has 0 aliphatic heterocycles. The lowest BCUT2D eigenvalue weighted by atomic mass is 10.0. The number of nitrogen functional groups attached to an aromatic ring is 1. The molecule has 0 spiro atoms. The highest BCUT2D eigenvalue weighted by molar-refractivity contribution is 6.14. The summed E-state index contributed by atoms with van der Waals surface area (Å²) in [4.78, 5) is 25.1. The summed E-state index contributed by atoms with van der Waals surface area (Å²) < 4.78 is 10.1. The predicted molar refractivity (Wildman–Crippen MR) is 107 cm³/mol. The summed E-state index contributed by atoms with van der Waals surface area (Å²) in [6.45, 7) is -0.364. The summed E-state index contributed by atoms with van der Waals surface area (Å²) in [6, 6.07) is 13.7. The molecule has 0 aliphatic carbocycles. The fraction of sp³-hybridized carbons (Fsp3) is 0.143. The lowest BCUT2D eigenvalue weighted by Gasteiger charge is -2.17. The molecule has 0 bridgehead atoms. The van der Waals surface area contributed by atoms with E-state index in [-0.39, 0.29) is 29.2 Å². The Morgan fingerprint density at radius 3 is 2.50 bits per heavy atom. The van der Waals surface area contributed by atoms with Gasteiger partial charge in [-0.25, -0.2) is 4.79 Å². The summed E-state index contributed by atoms with van der Waals surface area (Å²) in [6.07, 6.45) is 0. The van der Waals surface area contributed by atoms with Crippen molar-refractivity contribution in [3.8, 4) is 5.75 Å². The number of carbonyl (C=O) groups excluding carboxylic acids is 2. The van der Waals surface area contributed by atoms with Crippen molar-refractivity contribution in [2.75, 3.05) is 25.3 Å². The summed E-state index contributed by atoms with van der Waals surface area (Å²) in [5.74, 6) is -0.923. The van der Waals surface area contributed by atoms with Crippen LogP contribution in [0, 0.1) is 0 Å². The van der Waals surface area contributed by atoms with E-state index in [2.05, 4.69) is 5.32 Å². The molecule has 7 heteroatoms. The van der Waals surface area contributed by atoms with Gasteiger partial charge in [0.05, 0.1) is 43.3 Å². The van der Waals surface area contributed by atoms with E-state index in [0.29, 0.717) is 11.3 Å². The second-order valence-electron chi connectivity index (χ2n) is 6.04. The molecular formula is C21H20N2O5. The number of hydrogen-bond acceptors (Lipinski definition) is 6. The van der Waals surface area contributed by atoms with Gasteiger partial charge in [0.2, 0.25) is 0 Å². The highest BCUT2D eigenvalue weighted by atomic mass is 16.5. The highest BCUT2D eigenvalue weighted by Gasteiger charge is 2.22. The molecular weight excluding hydrogens is 360 g/mol. The van der Waals surface area contributed by atoms with Crippen molar-refractivity contribution in [3.05, 3.63) is 65.2 Å². The number of rotatable bonds is 5. The van der Waals surface area contributed by atoms with Gasteiger partial charge in [-0.1, -0.05) is 36.4 Å². The zero-order valence-corrected chi connectivity index (χ0v) is 15.5. The van der Waals surface area contributed by atoms with Crippen LogP contribution in [-0.2, 0) is 11.3 Å². The lowest BCUT2D eigenvalue weighted by Crippen LogP contribution is -2.18. The Hall–Kier alpha value is -3.58. The van der Waals surface area contributed by atoms with Crippen LogP contribution in [0.25, 0.3) is 10.8 Å². The first-order chi connectivity index (χ1) is 13.5. The number of carbonyl (C=O) groups is 2. The molecule has 0 atom stereocenters. The number of hydrogen-bond donors (Lipinski definition) is 3. The number of aliphatic hydroxyl groups excluding tert-OH is 1. The van der Waals surface area contributed by atoms with Crippen LogP contribution in [0.2, 0.25) is 0 Å². The van der Waals surface area contributed by atoms with Gasteiger partial charge in [0.15, 0.2) is 5.75 Å². The van der Waals surface area contributed by atoms with Crippen LogP contribution < -0.4 is 15.8 Å². The van der Waals surface area contributed by atoms with E-state index >= 15 is 0 Å². The Balaban J connectivity index is 2.11. The first-order valence-corrected chi connectivity index (χ1v) is 8.49. The zero-order valence-electron chi connectivity index (χ0n) is 15.5.